The van der Waals surface area contributed by atoms with Crippen molar-refractivity contribution in [3.05, 3.63) is 94.0 Å². The van der Waals surface area contributed by atoms with Crippen molar-refractivity contribution < 1.29 is 17.4 Å². The second kappa shape index (κ2) is 8.78. The molecule has 162 valence electrons. The third-order valence-electron chi connectivity index (χ3n) is 4.63. The molecule has 1 aliphatic heterocycles. The smallest absolute Gasteiger partial charge is 0.339 e. The maximum atomic E-state index is 13.0. The number of carbonyl (C=O) groups excluding carboxylic acids is 1. The van der Waals surface area contributed by atoms with Gasteiger partial charge in [0.25, 0.3) is 5.91 Å². The van der Waals surface area contributed by atoms with Crippen LogP contribution in [0.5, 0.6) is 5.75 Å². The normalized spacial score (nSPS) is 15.2. The molecule has 1 heterocycles. The molecular formula is C23H16Cl2N2O4S. The number of hydrogen-bond donors (Lipinski definition) is 0. The number of halogens is 2. The molecule has 0 N–H and O–H groups in total. The summed E-state index contributed by atoms with van der Waals surface area (Å²) in [7, 11) is -4.17. The highest BCUT2D eigenvalue weighted by atomic mass is 35.5. The molecule has 0 aromatic heterocycles. The SMILES string of the molecule is CC1=NN(c2ccccc2)C(=O)/C1=C/c1cc(Cl)cc(Cl)c1OS(=O)(=O)c1ccccc1. The molecule has 0 saturated carbocycles. The fraction of sp³-hybridized carbons (Fsp3) is 0.0435. The van der Waals surface area contributed by atoms with E-state index in [0.29, 0.717) is 11.4 Å². The molecule has 0 bridgehead atoms. The van der Waals surface area contributed by atoms with Crippen molar-refractivity contribution >= 4 is 56.7 Å². The monoisotopic (exact) mass is 486 g/mol. The highest BCUT2D eigenvalue weighted by Gasteiger charge is 2.29. The molecule has 6 nitrogen and oxygen atoms in total. The van der Waals surface area contributed by atoms with Gasteiger partial charge in [0, 0.05) is 10.6 Å². The van der Waals surface area contributed by atoms with E-state index in [1.807, 2.05) is 6.07 Å². The highest BCUT2D eigenvalue weighted by Crippen LogP contribution is 2.37. The molecule has 0 unspecified atom stereocenters. The summed E-state index contributed by atoms with van der Waals surface area (Å²) in [5.74, 6) is -0.507. The number of amides is 1. The standard InChI is InChI=1S/C23H16Cl2N2O4S/c1-15-20(23(28)27(26-15)18-8-4-2-5-9-18)13-16-12-17(24)14-21(25)22(16)31-32(29,30)19-10-6-3-7-11-19/h2-14H,1H3/b20-13+. The first-order valence-corrected chi connectivity index (χ1v) is 11.6. The number of hydrazone groups is 1. The Kier molecular flexibility index (Phi) is 6.06. The van der Waals surface area contributed by atoms with Gasteiger partial charge in [0.15, 0.2) is 5.75 Å². The fourth-order valence-electron chi connectivity index (χ4n) is 3.10. The minimum Gasteiger partial charge on any atom is -0.377 e. The third-order valence-corrected chi connectivity index (χ3v) is 6.36. The molecule has 0 radical (unpaired) electrons. The second-order valence-corrected chi connectivity index (χ2v) is 9.24. The third kappa shape index (κ3) is 4.41. The predicted octanol–water partition coefficient (Wildman–Crippen LogP) is 5.57. The molecule has 32 heavy (non-hydrogen) atoms. The minimum atomic E-state index is -4.17. The predicted molar refractivity (Wildman–Crippen MR) is 126 cm³/mol. The van der Waals surface area contributed by atoms with E-state index in [9.17, 15) is 13.2 Å². The van der Waals surface area contributed by atoms with Crippen molar-refractivity contribution in [1.82, 2.24) is 0 Å². The molecule has 9 heteroatoms. The number of para-hydroxylation sites is 1. The molecular weight excluding hydrogens is 471 g/mol. The average Bonchev–Trinajstić information content (AvgIpc) is 3.05. The summed E-state index contributed by atoms with van der Waals surface area (Å²) < 4.78 is 30.9. The summed E-state index contributed by atoms with van der Waals surface area (Å²) >= 11 is 12.4. The minimum absolute atomic E-state index is 0.0104. The van der Waals surface area contributed by atoms with Gasteiger partial charge in [-0.1, -0.05) is 59.6 Å². The zero-order valence-corrected chi connectivity index (χ0v) is 19.0. The zero-order chi connectivity index (χ0) is 22.9. The van der Waals surface area contributed by atoms with Crippen LogP contribution in [0.2, 0.25) is 10.0 Å². The van der Waals surface area contributed by atoms with E-state index in [4.69, 9.17) is 27.4 Å². The summed E-state index contributed by atoms with van der Waals surface area (Å²) in [4.78, 5) is 13.0. The van der Waals surface area contributed by atoms with Crippen LogP contribution in [-0.4, -0.2) is 20.0 Å². The van der Waals surface area contributed by atoms with Gasteiger partial charge in [0.2, 0.25) is 0 Å². The van der Waals surface area contributed by atoms with Gasteiger partial charge in [0.05, 0.1) is 22.0 Å². The number of anilines is 1. The van der Waals surface area contributed by atoms with Crippen LogP contribution in [-0.2, 0) is 14.9 Å². The van der Waals surface area contributed by atoms with E-state index in [-0.39, 0.29) is 37.7 Å². The maximum absolute atomic E-state index is 13.0. The number of carbonyl (C=O) groups is 1. The Morgan fingerprint density at radius 3 is 2.25 bits per heavy atom. The lowest BCUT2D eigenvalue weighted by atomic mass is 10.1. The summed E-state index contributed by atoms with van der Waals surface area (Å²) in [5.41, 5.74) is 1.54. The van der Waals surface area contributed by atoms with Crippen molar-refractivity contribution in [1.29, 1.82) is 0 Å². The van der Waals surface area contributed by atoms with Gasteiger partial charge in [-0.05, 0) is 49.4 Å². The molecule has 0 spiro atoms. The number of rotatable bonds is 5. The zero-order valence-electron chi connectivity index (χ0n) is 16.7. The van der Waals surface area contributed by atoms with Gasteiger partial charge in [-0.15, -0.1) is 0 Å². The molecule has 0 atom stereocenters. The summed E-state index contributed by atoms with van der Waals surface area (Å²) in [5, 5.41) is 5.84. The van der Waals surface area contributed by atoms with Crippen LogP contribution in [0.3, 0.4) is 0 Å². The van der Waals surface area contributed by atoms with Crippen molar-refractivity contribution in [2.75, 3.05) is 5.01 Å². The first-order valence-electron chi connectivity index (χ1n) is 9.41. The largest absolute Gasteiger partial charge is 0.377 e. The molecule has 1 amide bonds. The Morgan fingerprint density at radius 2 is 1.59 bits per heavy atom. The van der Waals surface area contributed by atoms with E-state index in [0.717, 1.165) is 0 Å². The van der Waals surface area contributed by atoms with Gasteiger partial charge >= 0.3 is 10.1 Å². The van der Waals surface area contributed by atoms with Crippen LogP contribution in [0.1, 0.15) is 12.5 Å². The summed E-state index contributed by atoms with van der Waals surface area (Å²) in [6.45, 7) is 1.68. The molecule has 0 aliphatic carbocycles. The molecule has 3 aromatic rings. The molecule has 3 aromatic carbocycles. The lowest BCUT2D eigenvalue weighted by molar-refractivity contribution is -0.114. The Balaban J connectivity index is 1.76. The van der Waals surface area contributed by atoms with Gasteiger partial charge in [-0.3, -0.25) is 4.79 Å². The summed E-state index contributed by atoms with van der Waals surface area (Å²) in [6.07, 6.45) is 1.47. The van der Waals surface area contributed by atoms with Gasteiger partial charge in [0.1, 0.15) is 4.90 Å². The average molecular weight is 487 g/mol. The topological polar surface area (TPSA) is 76.0 Å². The van der Waals surface area contributed by atoms with Gasteiger partial charge < -0.3 is 4.18 Å². The molecule has 4 rings (SSSR count). The van der Waals surface area contributed by atoms with Crippen LogP contribution >= 0.6 is 23.2 Å². The Hall–Kier alpha value is -3.13. The fourth-order valence-corrected chi connectivity index (χ4v) is 4.69. The second-order valence-electron chi connectivity index (χ2n) is 6.85. The lowest BCUT2D eigenvalue weighted by Crippen LogP contribution is -2.21. The quantitative estimate of drug-likeness (QED) is 0.349. The molecule has 0 saturated heterocycles. The van der Waals surface area contributed by atoms with E-state index >= 15 is 0 Å². The van der Waals surface area contributed by atoms with Crippen molar-refractivity contribution in [2.45, 2.75) is 11.8 Å². The lowest BCUT2D eigenvalue weighted by Gasteiger charge is -2.13. The Labute approximate surface area is 195 Å². The number of nitrogens with zero attached hydrogens (tertiary/aromatic N) is 2. The Bertz CT molecular complexity index is 1360. The number of benzene rings is 3. The van der Waals surface area contributed by atoms with Crippen molar-refractivity contribution in [3.63, 3.8) is 0 Å². The van der Waals surface area contributed by atoms with Crippen molar-refractivity contribution in [3.8, 4) is 5.75 Å². The van der Waals surface area contributed by atoms with E-state index in [1.54, 1.807) is 49.4 Å². The maximum Gasteiger partial charge on any atom is 0.339 e. The number of hydrogen-bond acceptors (Lipinski definition) is 5. The summed E-state index contributed by atoms with van der Waals surface area (Å²) in [6, 6.07) is 19.5. The van der Waals surface area contributed by atoms with E-state index < -0.39 is 10.1 Å². The van der Waals surface area contributed by atoms with Crippen molar-refractivity contribution in [2.24, 2.45) is 5.10 Å². The van der Waals surface area contributed by atoms with Crippen LogP contribution in [0.25, 0.3) is 6.08 Å². The van der Waals surface area contributed by atoms with Crippen LogP contribution in [0.15, 0.2) is 88.4 Å². The first kappa shape index (κ1) is 22.1. The first-order chi connectivity index (χ1) is 15.3. The molecule has 1 aliphatic rings. The molecule has 0 fully saturated rings. The van der Waals surface area contributed by atoms with Crippen LogP contribution < -0.4 is 9.19 Å². The highest BCUT2D eigenvalue weighted by molar-refractivity contribution is 7.87. The van der Waals surface area contributed by atoms with Gasteiger partial charge in [-0.2, -0.15) is 18.5 Å². The van der Waals surface area contributed by atoms with Gasteiger partial charge in [-0.25, -0.2) is 0 Å². The van der Waals surface area contributed by atoms with E-state index in [1.165, 1.54) is 35.4 Å². The van der Waals surface area contributed by atoms with Crippen LogP contribution in [0, 0.1) is 0 Å². The van der Waals surface area contributed by atoms with Crippen LogP contribution in [0.4, 0.5) is 5.69 Å². The van der Waals surface area contributed by atoms with E-state index in [2.05, 4.69) is 5.10 Å². The Morgan fingerprint density at radius 1 is 0.969 bits per heavy atom.